The lowest BCUT2D eigenvalue weighted by atomic mass is 9.93. The van der Waals surface area contributed by atoms with E-state index in [-0.39, 0.29) is 31.2 Å². The number of hydrogen-bond donors (Lipinski definition) is 4. The number of anilines is 1. The predicted molar refractivity (Wildman–Crippen MR) is 123 cm³/mol. The highest BCUT2D eigenvalue weighted by molar-refractivity contribution is 6.38. The van der Waals surface area contributed by atoms with E-state index >= 15 is 0 Å². The Bertz CT molecular complexity index is 1140. The summed E-state index contributed by atoms with van der Waals surface area (Å²) in [7, 11) is 1.20. The number of halogens is 5. The molecule has 1 aromatic carbocycles. The van der Waals surface area contributed by atoms with E-state index in [4.69, 9.17) is 11.6 Å². The summed E-state index contributed by atoms with van der Waals surface area (Å²) in [6, 6.07) is -0.133. The Hall–Kier alpha value is -3.22. The molecule has 3 atom stereocenters. The topological polar surface area (TPSA) is 133 Å². The number of rotatable bonds is 9. The van der Waals surface area contributed by atoms with Gasteiger partial charge in [0.25, 0.3) is 11.8 Å². The molecule has 0 spiro atoms. The third-order valence-corrected chi connectivity index (χ3v) is 6.71. The lowest BCUT2D eigenvalue weighted by molar-refractivity contribution is -0.155. The van der Waals surface area contributed by atoms with Crippen LogP contribution in [0.15, 0.2) is 12.1 Å². The minimum Gasteiger partial charge on any atom is -0.353 e. The Labute approximate surface area is 214 Å². The first kappa shape index (κ1) is 28.4. The van der Waals surface area contributed by atoms with Gasteiger partial charge >= 0.3 is 6.18 Å². The summed E-state index contributed by atoms with van der Waals surface area (Å²) >= 11 is 5.80. The standard InChI is InChI=1S/C23H25ClF4N4O5/c1-10-5-11(18(34)30-10)6-16(17(33)20(36)29-2)31-19(35)12-7-13(24)14(25)8-15(12)32-21(37)22(3-4-22)9-23(26,27)28/h7-8,10-11,16H,3-6,9H2,1-2H3,(H,29,36)(H,30,34)(H,31,35)(H,32,37)/t10-,11+,16?/m1/s1. The summed E-state index contributed by atoms with van der Waals surface area (Å²) in [5.41, 5.74) is -2.63. The van der Waals surface area contributed by atoms with Gasteiger partial charge in [0.15, 0.2) is 0 Å². The maximum atomic E-state index is 14.2. The van der Waals surface area contributed by atoms with Gasteiger partial charge in [0.2, 0.25) is 17.6 Å². The maximum absolute atomic E-state index is 14.2. The van der Waals surface area contributed by atoms with E-state index in [9.17, 15) is 41.5 Å². The molecule has 0 aromatic heterocycles. The molecule has 1 heterocycles. The van der Waals surface area contributed by atoms with E-state index in [2.05, 4.69) is 21.3 Å². The summed E-state index contributed by atoms with van der Waals surface area (Å²) in [5.74, 6) is -6.31. The molecular formula is C23H25ClF4N4O5. The zero-order valence-corrected chi connectivity index (χ0v) is 20.6. The minimum absolute atomic E-state index is 0.0411. The fourth-order valence-electron chi connectivity index (χ4n) is 4.30. The van der Waals surface area contributed by atoms with E-state index < -0.39 is 75.6 Å². The van der Waals surface area contributed by atoms with Gasteiger partial charge in [-0.2, -0.15) is 13.2 Å². The van der Waals surface area contributed by atoms with Gasteiger partial charge in [0.1, 0.15) is 5.82 Å². The van der Waals surface area contributed by atoms with Gasteiger partial charge in [-0.3, -0.25) is 24.0 Å². The highest BCUT2D eigenvalue weighted by Crippen LogP contribution is 2.53. The van der Waals surface area contributed by atoms with Crippen LogP contribution in [0, 0.1) is 17.2 Å². The normalized spacial score (nSPS) is 21.0. The van der Waals surface area contributed by atoms with Crippen LogP contribution < -0.4 is 21.3 Å². The second-order valence-electron chi connectivity index (χ2n) is 9.39. The molecule has 202 valence electrons. The van der Waals surface area contributed by atoms with Crippen molar-refractivity contribution in [3.8, 4) is 0 Å². The number of carbonyl (C=O) groups is 5. The molecule has 4 N–H and O–H groups in total. The molecular weight excluding hydrogens is 524 g/mol. The van der Waals surface area contributed by atoms with Crippen LogP contribution in [0.25, 0.3) is 0 Å². The number of hydrogen-bond acceptors (Lipinski definition) is 5. The van der Waals surface area contributed by atoms with Gasteiger partial charge in [0, 0.05) is 19.0 Å². The average Bonchev–Trinajstić information content (AvgIpc) is 3.50. The number of amides is 4. The predicted octanol–water partition coefficient (Wildman–Crippen LogP) is 2.48. The number of benzene rings is 1. The largest absolute Gasteiger partial charge is 0.390 e. The summed E-state index contributed by atoms with van der Waals surface area (Å²) in [5, 5.41) is 8.78. The number of ketones is 1. The first-order valence-electron chi connectivity index (χ1n) is 11.4. The van der Waals surface area contributed by atoms with Crippen LogP contribution >= 0.6 is 11.6 Å². The zero-order valence-electron chi connectivity index (χ0n) is 19.9. The molecule has 0 radical (unpaired) electrons. The Kier molecular flexibility index (Phi) is 8.15. The molecule has 2 aliphatic rings. The third kappa shape index (κ3) is 6.76. The van der Waals surface area contributed by atoms with Gasteiger partial charge in [-0.15, -0.1) is 0 Å². The fraction of sp³-hybridized carbons (Fsp3) is 0.522. The first-order chi connectivity index (χ1) is 17.2. The molecule has 1 aliphatic carbocycles. The quantitative estimate of drug-likeness (QED) is 0.278. The van der Waals surface area contributed by atoms with E-state index in [1.165, 1.54) is 7.05 Å². The Morgan fingerprint density at radius 3 is 2.38 bits per heavy atom. The van der Waals surface area contributed by atoms with Gasteiger partial charge in [-0.1, -0.05) is 11.6 Å². The van der Waals surface area contributed by atoms with E-state index in [1.807, 2.05) is 0 Å². The van der Waals surface area contributed by atoms with Gasteiger partial charge in [-0.25, -0.2) is 4.39 Å². The second-order valence-corrected chi connectivity index (χ2v) is 9.79. The van der Waals surface area contributed by atoms with E-state index in [0.29, 0.717) is 12.5 Å². The Balaban J connectivity index is 1.87. The highest BCUT2D eigenvalue weighted by Gasteiger charge is 2.56. The number of nitrogens with one attached hydrogen (secondary N) is 4. The van der Waals surface area contributed by atoms with Crippen molar-refractivity contribution in [2.45, 2.75) is 57.3 Å². The van der Waals surface area contributed by atoms with E-state index in [0.717, 1.165) is 6.07 Å². The van der Waals surface area contributed by atoms with Crippen LogP contribution in [0.3, 0.4) is 0 Å². The van der Waals surface area contributed by atoms with Crippen LogP contribution in [0.4, 0.5) is 23.2 Å². The molecule has 1 aliphatic heterocycles. The molecule has 2 fully saturated rings. The van der Waals surface area contributed by atoms with Crippen molar-refractivity contribution in [3.05, 3.63) is 28.5 Å². The SMILES string of the molecule is CNC(=O)C(=O)C(C[C@@H]1C[C@@H](C)NC1=O)NC(=O)c1cc(Cl)c(F)cc1NC(=O)C1(CC(F)(F)F)CC1. The molecule has 1 aromatic rings. The maximum Gasteiger partial charge on any atom is 0.390 e. The minimum atomic E-state index is -4.61. The van der Waals surface area contributed by atoms with Crippen LogP contribution in [0.2, 0.25) is 5.02 Å². The summed E-state index contributed by atoms with van der Waals surface area (Å²) in [6.07, 6.45) is -5.96. The number of Topliss-reactive ketones (excluding diaryl/α,β-unsaturated/α-hetero) is 1. The van der Waals surface area contributed by atoms with Gasteiger partial charge in [0.05, 0.1) is 34.2 Å². The average molecular weight is 549 g/mol. The van der Waals surface area contributed by atoms with Crippen molar-refractivity contribution in [2.75, 3.05) is 12.4 Å². The molecule has 14 heteroatoms. The molecule has 1 unspecified atom stereocenters. The Morgan fingerprint density at radius 2 is 1.86 bits per heavy atom. The van der Waals surface area contributed by atoms with Crippen LogP contribution in [-0.2, 0) is 19.2 Å². The molecule has 4 amide bonds. The monoisotopic (exact) mass is 548 g/mol. The van der Waals surface area contributed by atoms with Crippen molar-refractivity contribution in [1.29, 1.82) is 0 Å². The lowest BCUT2D eigenvalue weighted by Crippen LogP contribution is -2.48. The molecule has 1 saturated carbocycles. The molecule has 1 saturated heterocycles. The number of likely N-dealkylation sites (N-methyl/N-ethyl adjacent to an activating group) is 1. The summed E-state index contributed by atoms with van der Waals surface area (Å²) in [6.45, 7) is 1.74. The van der Waals surface area contributed by atoms with Gasteiger partial charge in [-0.05, 0) is 44.7 Å². The van der Waals surface area contributed by atoms with Gasteiger partial charge < -0.3 is 21.3 Å². The first-order valence-corrected chi connectivity index (χ1v) is 11.8. The molecule has 0 bridgehead atoms. The summed E-state index contributed by atoms with van der Waals surface area (Å²) < 4.78 is 53.0. The Morgan fingerprint density at radius 1 is 1.22 bits per heavy atom. The fourth-order valence-corrected chi connectivity index (χ4v) is 4.47. The van der Waals surface area contributed by atoms with E-state index in [1.54, 1.807) is 6.92 Å². The van der Waals surface area contributed by atoms with Crippen LogP contribution in [-0.4, -0.2) is 54.7 Å². The third-order valence-electron chi connectivity index (χ3n) is 6.42. The number of alkyl halides is 3. The van der Waals surface area contributed by atoms with Crippen molar-refractivity contribution in [2.24, 2.45) is 11.3 Å². The van der Waals surface area contributed by atoms with Crippen molar-refractivity contribution < 1.29 is 41.5 Å². The smallest absolute Gasteiger partial charge is 0.353 e. The molecule has 37 heavy (non-hydrogen) atoms. The second kappa shape index (κ2) is 10.6. The van der Waals surface area contributed by atoms with Crippen molar-refractivity contribution in [1.82, 2.24) is 16.0 Å². The zero-order chi connectivity index (χ0) is 27.7. The van der Waals surface area contributed by atoms with Crippen molar-refractivity contribution >= 4 is 46.7 Å². The lowest BCUT2D eigenvalue weighted by Gasteiger charge is -2.21. The highest BCUT2D eigenvalue weighted by atomic mass is 35.5. The van der Waals surface area contributed by atoms with Crippen molar-refractivity contribution in [3.63, 3.8) is 0 Å². The number of carbonyl (C=O) groups excluding carboxylic acids is 5. The molecule has 9 nitrogen and oxygen atoms in total. The van der Waals surface area contributed by atoms with Crippen LogP contribution in [0.5, 0.6) is 0 Å². The summed E-state index contributed by atoms with van der Waals surface area (Å²) in [4.78, 5) is 62.6. The molecule has 3 rings (SSSR count). The van der Waals surface area contributed by atoms with Crippen LogP contribution in [0.1, 0.15) is 49.4 Å².